The van der Waals surface area contributed by atoms with Crippen molar-refractivity contribution in [3.63, 3.8) is 0 Å². The van der Waals surface area contributed by atoms with Crippen LogP contribution in [0.4, 0.5) is 0 Å². The van der Waals surface area contributed by atoms with Crippen LogP contribution in [0.2, 0.25) is 0 Å². The lowest BCUT2D eigenvalue weighted by atomic mass is 10.4. The number of hydrogen-bond donors (Lipinski definition) is 2. The molecule has 0 saturated carbocycles. The maximum Gasteiger partial charge on any atom is 0.208 e. The minimum absolute atomic E-state index is 0.727. The lowest BCUT2D eigenvalue weighted by molar-refractivity contribution is 0.0664. The van der Waals surface area contributed by atoms with E-state index in [1.165, 1.54) is 0 Å². The zero-order valence-corrected chi connectivity index (χ0v) is 9.24. The van der Waals surface area contributed by atoms with E-state index in [9.17, 15) is 0 Å². The fraction of sp³-hybridized carbons (Fsp3) is 0.889. The molecule has 15 heavy (non-hydrogen) atoms. The van der Waals surface area contributed by atoms with Gasteiger partial charge in [0.25, 0.3) is 0 Å². The number of guanidine groups is 1. The van der Waals surface area contributed by atoms with E-state index in [-0.39, 0.29) is 0 Å². The highest BCUT2D eigenvalue weighted by Gasteiger charge is 2.13. The SMILES string of the molecule is COCCCN=C(NN)N1CCOCC1. The van der Waals surface area contributed by atoms with Crippen LogP contribution >= 0.6 is 0 Å². The second-order valence-electron chi connectivity index (χ2n) is 3.30. The van der Waals surface area contributed by atoms with Gasteiger partial charge < -0.3 is 14.4 Å². The van der Waals surface area contributed by atoms with Gasteiger partial charge in [0.2, 0.25) is 5.96 Å². The van der Waals surface area contributed by atoms with Gasteiger partial charge in [0, 0.05) is 33.4 Å². The molecule has 0 spiro atoms. The van der Waals surface area contributed by atoms with Gasteiger partial charge in [0.05, 0.1) is 13.2 Å². The van der Waals surface area contributed by atoms with Crippen LogP contribution in [0.5, 0.6) is 0 Å². The first-order valence-electron chi connectivity index (χ1n) is 5.21. The monoisotopic (exact) mass is 216 g/mol. The average molecular weight is 216 g/mol. The molecular formula is C9H20N4O2. The van der Waals surface area contributed by atoms with E-state index in [0.717, 1.165) is 51.8 Å². The number of methoxy groups -OCH3 is 1. The van der Waals surface area contributed by atoms with Crippen LogP contribution in [0.3, 0.4) is 0 Å². The third-order valence-electron chi connectivity index (χ3n) is 2.21. The summed E-state index contributed by atoms with van der Waals surface area (Å²) in [5, 5.41) is 0. The Morgan fingerprint density at radius 3 is 2.87 bits per heavy atom. The Hall–Kier alpha value is -0.850. The molecule has 1 aliphatic heterocycles. The van der Waals surface area contributed by atoms with Crippen molar-refractivity contribution < 1.29 is 9.47 Å². The molecule has 1 saturated heterocycles. The Balaban J connectivity index is 2.31. The summed E-state index contributed by atoms with van der Waals surface area (Å²) < 4.78 is 10.2. The second kappa shape index (κ2) is 7.44. The molecule has 0 aromatic carbocycles. The summed E-state index contributed by atoms with van der Waals surface area (Å²) in [5.74, 6) is 6.17. The molecule has 1 fully saturated rings. The summed E-state index contributed by atoms with van der Waals surface area (Å²) in [6.07, 6.45) is 0.909. The zero-order valence-electron chi connectivity index (χ0n) is 9.24. The highest BCUT2D eigenvalue weighted by Crippen LogP contribution is 1.97. The maximum absolute atomic E-state index is 5.42. The van der Waals surface area contributed by atoms with Gasteiger partial charge in [-0.2, -0.15) is 0 Å². The number of aliphatic imine (C=N–C) groups is 1. The molecule has 1 heterocycles. The van der Waals surface area contributed by atoms with Crippen molar-refractivity contribution in [1.82, 2.24) is 10.3 Å². The molecule has 3 N–H and O–H groups in total. The van der Waals surface area contributed by atoms with Crippen molar-refractivity contribution in [2.45, 2.75) is 6.42 Å². The molecule has 0 radical (unpaired) electrons. The van der Waals surface area contributed by atoms with E-state index in [0.29, 0.717) is 0 Å². The molecule has 0 unspecified atom stereocenters. The van der Waals surface area contributed by atoms with Crippen molar-refractivity contribution in [3.05, 3.63) is 0 Å². The number of nitrogens with zero attached hydrogens (tertiary/aromatic N) is 2. The van der Waals surface area contributed by atoms with E-state index in [4.69, 9.17) is 15.3 Å². The Bertz CT molecular complexity index is 193. The molecule has 6 heteroatoms. The number of rotatable bonds is 4. The fourth-order valence-electron chi connectivity index (χ4n) is 1.41. The van der Waals surface area contributed by atoms with Gasteiger partial charge in [0.1, 0.15) is 0 Å². The van der Waals surface area contributed by atoms with Crippen LogP contribution < -0.4 is 11.3 Å². The minimum Gasteiger partial charge on any atom is -0.385 e. The molecule has 1 rings (SSSR count). The van der Waals surface area contributed by atoms with E-state index in [2.05, 4.69) is 15.3 Å². The van der Waals surface area contributed by atoms with Gasteiger partial charge in [-0.05, 0) is 6.42 Å². The first kappa shape index (κ1) is 12.2. The van der Waals surface area contributed by atoms with Crippen molar-refractivity contribution in [1.29, 1.82) is 0 Å². The Kier molecular flexibility index (Phi) is 6.06. The van der Waals surface area contributed by atoms with Crippen LogP contribution in [0.25, 0.3) is 0 Å². The third-order valence-corrected chi connectivity index (χ3v) is 2.21. The summed E-state index contributed by atoms with van der Waals surface area (Å²) in [6, 6.07) is 0. The number of ether oxygens (including phenoxy) is 2. The molecule has 0 aromatic rings. The third kappa shape index (κ3) is 4.46. The number of nitrogens with two attached hydrogens (primary N) is 1. The smallest absolute Gasteiger partial charge is 0.208 e. The van der Waals surface area contributed by atoms with Crippen LogP contribution in [0.15, 0.2) is 4.99 Å². The van der Waals surface area contributed by atoms with Gasteiger partial charge in [-0.15, -0.1) is 0 Å². The Labute approximate surface area is 90.4 Å². The summed E-state index contributed by atoms with van der Waals surface area (Å²) in [4.78, 5) is 6.47. The highest BCUT2D eigenvalue weighted by atomic mass is 16.5. The maximum atomic E-state index is 5.42. The fourth-order valence-corrected chi connectivity index (χ4v) is 1.41. The van der Waals surface area contributed by atoms with Crippen molar-refractivity contribution in [2.24, 2.45) is 10.8 Å². The largest absolute Gasteiger partial charge is 0.385 e. The molecule has 0 atom stereocenters. The van der Waals surface area contributed by atoms with Crippen molar-refractivity contribution in [3.8, 4) is 0 Å². The molecule has 0 bridgehead atoms. The standard InChI is InChI=1S/C9H20N4O2/c1-14-6-2-3-11-9(12-10)13-4-7-15-8-5-13/h2-8,10H2,1H3,(H,11,12). The molecule has 0 amide bonds. The van der Waals surface area contributed by atoms with Gasteiger partial charge in [0.15, 0.2) is 0 Å². The topological polar surface area (TPSA) is 72.1 Å². The first-order valence-corrected chi connectivity index (χ1v) is 5.21. The molecule has 6 nitrogen and oxygen atoms in total. The predicted molar refractivity (Wildman–Crippen MR) is 58.5 cm³/mol. The number of hydrogen-bond acceptors (Lipinski definition) is 4. The Morgan fingerprint density at radius 1 is 1.53 bits per heavy atom. The van der Waals surface area contributed by atoms with E-state index >= 15 is 0 Å². The van der Waals surface area contributed by atoms with Crippen LogP contribution in [-0.2, 0) is 9.47 Å². The lowest BCUT2D eigenvalue weighted by Crippen LogP contribution is -2.49. The number of morpholine rings is 1. The summed E-state index contributed by atoms with van der Waals surface area (Å²) >= 11 is 0. The second-order valence-corrected chi connectivity index (χ2v) is 3.30. The van der Waals surface area contributed by atoms with Crippen molar-refractivity contribution in [2.75, 3.05) is 46.6 Å². The van der Waals surface area contributed by atoms with E-state index < -0.39 is 0 Å². The van der Waals surface area contributed by atoms with Gasteiger partial charge in [-0.1, -0.05) is 0 Å². The average Bonchev–Trinajstić information content (AvgIpc) is 2.30. The van der Waals surface area contributed by atoms with Gasteiger partial charge in [-0.3, -0.25) is 10.4 Å². The minimum atomic E-state index is 0.727. The normalized spacial score (nSPS) is 18.0. The number of nitrogens with one attached hydrogen (secondary N) is 1. The van der Waals surface area contributed by atoms with E-state index in [1.807, 2.05) is 0 Å². The van der Waals surface area contributed by atoms with Crippen LogP contribution in [0.1, 0.15) is 6.42 Å². The van der Waals surface area contributed by atoms with Gasteiger partial charge >= 0.3 is 0 Å². The van der Waals surface area contributed by atoms with Crippen LogP contribution in [0, 0.1) is 0 Å². The Morgan fingerprint density at radius 2 is 2.27 bits per heavy atom. The molecular weight excluding hydrogens is 196 g/mol. The summed E-state index contributed by atoms with van der Waals surface area (Å²) in [5.41, 5.74) is 2.63. The summed E-state index contributed by atoms with van der Waals surface area (Å²) in [7, 11) is 1.69. The number of hydrazine groups is 1. The van der Waals surface area contributed by atoms with E-state index in [1.54, 1.807) is 7.11 Å². The van der Waals surface area contributed by atoms with Gasteiger partial charge in [-0.25, -0.2) is 5.84 Å². The predicted octanol–water partition coefficient (Wildman–Crippen LogP) is -0.826. The molecule has 0 aromatic heterocycles. The molecule has 0 aliphatic carbocycles. The first-order chi connectivity index (χ1) is 7.38. The summed E-state index contributed by atoms with van der Waals surface area (Å²) in [6.45, 7) is 4.60. The quantitative estimate of drug-likeness (QED) is 0.211. The molecule has 88 valence electrons. The van der Waals surface area contributed by atoms with Crippen LogP contribution in [-0.4, -0.2) is 57.4 Å². The van der Waals surface area contributed by atoms with Crippen molar-refractivity contribution >= 4 is 5.96 Å². The zero-order chi connectivity index (χ0) is 10.9. The lowest BCUT2D eigenvalue weighted by Gasteiger charge is -2.29. The molecule has 1 aliphatic rings. The highest BCUT2D eigenvalue weighted by molar-refractivity contribution is 5.79.